The Morgan fingerprint density at radius 1 is 1.02 bits per heavy atom. The van der Waals surface area contributed by atoms with Gasteiger partial charge in [0.1, 0.15) is 12.4 Å². The first kappa shape index (κ1) is 30.6. The van der Waals surface area contributed by atoms with Crippen LogP contribution < -0.4 is 15.2 Å². The third-order valence-electron chi connectivity index (χ3n) is 9.42. The molecule has 1 saturated carbocycles. The molecule has 1 aromatic heterocycles. The van der Waals surface area contributed by atoms with Crippen molar-refractivity contribution in [2.24, 2.45) is 5.73 Å². The number of fused-ring (bicyclic) bond motifs is 4. The van der Waals surface area contributed by atoms with Gasteiger partial charge in [0.2, 0.25) is 5.91 Å². The zero-order valence-electron chi connectivity index (χ0n) is 25.5. The van der Waals surface area contributed by atoms with Gasteiger partial charge in [0.15, 0.2) is 0 Å². The molecule has 1 aliphatic carbocycles. The molecule has 3 aromatic rings. The highest BCUT2D eigenvalue weighted by Crippen LogP contribution is 2.47. The number of nitrogens with two attached hydrogens (primary N) is 1. The van der Waals surface area contributed by atoms with E-state index in [9.17, 15) is 18.0 Å². The summed E-state index contributed by atoms with van der Waals surface area (Å²) in [6.45, 7) is 2.68. The van der Waals surface area contributed by atoms with Crippen molar-refractivity contribution in [3.05, 3.63) is 53.6 Å². The fraction of sp³-hybridized carbons (Fsp3) is 0.500. The topological polar surface area (TPSA) is 130 Å². The van der Waals surface area contributed by atoms with E-state index in [2.05, 4.69) is 20.3 Å². The molecule has 0 spiro atoms. The van der Waals surface area contributed by atoms with Crippen LogP contribution in [0, 0.1) is 0 Å². The van der Waals surface area contributed by atoms with Gasteiger partial charge < -0.3 is 19.9 Å². The van der Waals surface area contributed by atoms with E-state index < -0.39 is 22.0 Å². The number of benzene rings is 2. The van der Waals surface area contributed by atoms with E-state index >= 15 is 0 Å². The summed E-state index contributed by atoms with van der Waals surface area (Å²) in [4.78, 5) is 29.9. The van der Waals surface area contributed by atoms with Crippen molar-refractivity contribution >= 4 is 32.9 Å². The minimum absolute atomic E-state index is 0.0649. The maximum Gasteiger partial charge on any atom is 0.303 e. The second kappa shape index (κ2) is 12.5. The molecule has 4 bridgehead atoms. The zero-order valence-corrected chi connectivity index (χ0v) is 26.3. The van der Waals surface area contributed by atoms with Crippen molar-refractivity contribution in [2.75, 3.05) is 53.4 Å². The quantitative estimate of drug-likeness (QED) is 0.460. The number of primary amides is 1. The number of para-hydroxylation sites is 1. The normalized spacial score (nSPS) is 22.7. The Labute approximate surface area is 259 Å². The molecule has 1 atom stereocenters. The summed E-state index contributed by atoms with van der Waals surface area (Å²) >= 11 is 0. The fourth-order valence-corrected chi connectivity index (χ4v) is 7.78. The number of amides is 2. The van der Waals surface area contributed by atoms with Crippen molar-refractivity contribution in [1.82, 2.24) is 23.4 Å². The van der Waals surface area contributed by atoms with Crippen LogP contribution in [0.2, 0.25) is 0 Å². The fourth-order valence-electron chi connectivity index (χ4n) is 6.95. The van der Waals surface area contributed by atoms with Gasteiger partial charge in [-0.15, -0.1) is 0 Å². The number of nitrogens with one attached hydrogen (secondary N) is 1. The van der Waals surface area contributed by atoms with Gasteiger partial charge in [0, 0.05) is 61.8 Å². The summed E-state index contributed by atoms with van der Waals surface area (Å²) in [6, 6.07) is 13.4. The first-order valence-electron chi connectivity index (χ1n) is 15.5. The van der Waals surface area contributed by atoms with Crippen LogP contribution >= 0.6 is 0 Å². The van der Waals surface area contributed by atoms with Gasteiger partial charge in [-0.3, -0.25) is 14.5 Å². The first-order chi connectivity index (χ1) is 21.1. The molecule has 44 heavy (non-hydrogen) atoms. The third kappa shape index (κ3) is 6.08. The van der Waals surface area contributed by atoms with Gasteiger partial charge in [0.05, 0.1) is 18.3 Å². The Bertz CT molecular complexity index is 1660. The molecule has 3 N–H and O–H groups in total. The average molecular weight is 623 g/mol. The molecule has 1 fully saturated rings. The molecule has 236 valence electrons. The number of likely N-dealkylation sites (N-methyl/N-ethyl adjacent to an activating group) is 2. The lowest BCUT2D eigenvalue weighted by atomic mass is 9.81. The van der Waals surface area contributed by atoms with Crippen LogP contribution in [-0.4, -0.2) is 98.4 Å². The molecular formula is C32H42N6O5S. The van der Waals surface area contributed by atoms with E-state index in [1.165, 1.54) is 19.0 Å². The predicted molar refractivity (Wildman–Crippen MR) is 170 cm³/mol. The van der Waals surface area contributed by atoms with Crippen LogP contribution in [0.4, 0.5) is 0 Å². The van der Waals surface area contributed by atoms with Gasteiger partial charge in [-0.1, -0.05) is 37.5 Å². The largest absolute Gasteiger partial charge is 0.491 e. The second-order valence-electron chi connectivity index (χ2n) is 12.4. The lowest BCUT2D eigenvalue weighted by Crippen LogP contribution is -2.50. The number of carbonyl (C=O) groups excluding carboxylic acids is 2. The van der Waals surface area contributed by atoms with Gasteiger partial charge in [-0.05, 0) is 55.6 Å². The first-order valence-corrected chi connectivity index (χ1v) is 16.9. The highest BCUT2D eigenvalue weighted by Gasteiger charge is 2.33. The summed E-state index contributed by atoms with van der Waals surface area (Å²) in [5, 5.41) is 1.06. The standard InChI is InChI=1S/C32H42N6O5S/c1-35-14-16-36(2)44(41,42)34-32(40)23-12-13-25-27(18-23)38-19-24(37(17-15-35)20-29(33)39)21-43-28-11-7-6-10-26(28)31(38)30(25)22-8-4-3-5-9-22/h6-7,10-13,18,22,24H,3-5,8-9,14-17,19-21H2,1-2H3,(H2,33,39)(H,34,40)/t24-/m1/s1. The molecule has 12 heteroatoms. The van der Waals surface area contributed by atoms with Crippen molar-refractivity contribution in [2.45, 2.75) is 50.6 Å². The molecular weight excluding hydrogens is 580 g/mol. The van der Waals surface area contributed by atoms with Crippen LogP contribution in [0.5, 0.6) is 5.75 Å². The maximum atomic E-state index is 13.4. The molecule has 6 rings (SSSR count). The average Bonchev–Trinajstić information content (AvgIpc) is 3.31. The minimum Gasteiger partial charge on any atom is -0.491 e. The predicted octanol–water partition coefficient (Wildman–Crippen LogP) is 2.76. The molecule has 11 nitrogen and oxygen atoms in total. The van der Waals surface area contributed by atoms with Crippen LogP contribution in [0.15, 0.2) is 42.5 Å². The highest BCUT2D eigenvalue weighted by atomic mass is 32.2. The monoisotopic (exact) mass is 622 g/mol. The van der Waals surface area contributed by atoms with E-state index in [0.717, 1.165) is 57.9 Å². The van der Waals surface area contributed by atoms with Crippen molar-refractivity contribution < 1.29 is 22.7 Å². The molecule has 3 heterocycles. The lowest BCUT2D eigenvalue weighted by Gasteiger charge is -2.35. The smallest absolute Gasteiger partial charge is 0.303 e. The molecule has 2 amide bonds. The molecule has 2 aromatic carbocycles. The van der Waals surface area contributed by atoms with Crippen LogP contribution in [0.1, 0.15) is 53.9 Å². The summed E-state index contributed by atoms with van der Waals surface area (Å²) in [5.74, 6) is 0.0211. The third-order valence-corrected chi connectivity index (χ3v) is 10.9. The Kier molecular flexibility index (Phi) is 8.69. The number of nitrogens with zero attached hydrogens (tertiary/aromatic N) is 4. The van der Waals surface area contributed by atoms with E-state index in [0.29, 0.717) is 38.7 Å². The molecule has 3 aliphatic rings. The van der Waals surface area contributed by atoms with E-state index in [1.54, 1.807) is 6.07 Å². The number of hydrogen-bond acceptors (Lipinski definition) is 7. The highest BCUT2D eigenvalue weighted by molar-refractivity contribution is 7.87. The number of aromatic nitrogens is 1. The molecule has 0 radical (unpaired) electrons. The van der Waals surface area contributed by atoms with Crippen LogP contribution in [0.3, 0.4) is 0 Å². The van der Waals surface area contributed by atoms with Gasteiger partial charge in [-0.2, -0.15) is 12.7 Å². The minimum atomic E-state index is -4.06. The zero-order chi connectivity index (χ0) is 31.0. The van der Waals surface area contributed by atoms with Gasteiger partial charge in [-0.25, -0.2) is 4.72 Å². The molecule has 0 saturated heterocycles. The summed E-state index contributed by atoms with van der Waals surface area (Å²) < 4.78 is 38.4. The van der Waals surface area contributed by atoms with Crippen molar-refractivity contribution in [3.8, 4) is 17.0 Å². The van der Waals surface area contributed by atoms with E-state index in [4.69, 9.17) is 10.5 Å². The lowest BCUT2D eigenvalue weighted by molar-refractivity contribution is -0.120. The van der Waals surface area contributed by atoms with E-state index in [-0.39, 0.29) is 24.7 Å². The maximum absolute atomic E-state index is 13.4. The summed E-state index contributed by atoms with van der Waals surface area (Å²) in [5.41, 5.74) is 10.2. The Balaban J connectivity index is 1.59. The summed E-state index contributed by atoms with van der Waals surface area (Å²) in [7, 11) is -0.691. The SMILES string of the molecule is CN1CCN(CC(N)=O)[C@H]2COc3ccccc3-c3c(C4CCCCC4)c4ccc(cc4n3C2)C(=O)NS(=O)(=O)N(C)CC1. The van der Waals surface area contributed by atoms with Crippen molar-refractivity contribution in [1.29, 1.82) is 0 Å². The number of carbonyl (C=O) groups is 2. The number of hydrogen-bond donors (Lipinski definition) is 2. The summed E-state index contributed by atoms with van der Waals surface area (Å²) in [6.07, 6.45) is 5.68. The number of ether oxygens (including phenoxy) is 1. The Hall–Kier alpha value is -3.45. The van der Waals surface area contributed by atoms with Crippen LogP contribution in [-0.2, 0) is 21.5 Å². The Morgan fingerprint density at radius 3 is 2.55 bits per heavy atom. The molecule has 0 unspecified atom stereocenters. The van der Waals surface area contributed by atoms with Crippen LogP contribution in [0.25, 0.3) is 22.2 Å². The van der Waals surface area contributed by atoms with E-state index in [1.807, 2.05) is 42.3 Å². The van der Waals surface area contributed by atoms with Gasteiger partial charge in [0.25, 0.3) is 5.91 Å². The Morgan fingerprint density at radius 2 is 1.77 bits per heavy atom. The van der Waals surface area contributed by atoms with Crippen molar-refractivity contribution in [3.63, 3.8) is 0 Å². The molecule has 2 aliphatic heterocycles. The second-order valence-corrected chi connectivity index (χ2v) is 14.2. The number of rotatable bonds is 3. The van der Waals surface area contributed by atoms with Gasteiger partial charge >= 0.3 is 10.2 Å².